The van der Waals surface area contributed by atoms with Crippen LogP contribution in [0.2, 0.25) is 0 Å². The van der Waals surface area contributed by atoms with Crippen molar-refractivity contribution in [3.8, 4) is 0 Å². The van der Waals surface area contributed by atoms with Gasteiger partial charge in [0.2, 0.25) is 5.91 Å². The predicted octanol–water partition coefficient (Wildman–Crippen LogP) is 3.30. The summed E-state index contributed by atoms with van der Waals surface area (Å²) < 4.78 is 7.55. The molecule has 0 unspecified atom stereocenters. The molecule has 4 nitrogen and oxygen atoms in total. The highest BCUT2D eigenvalue weighted by atomic mass is 16.3. The van der Waals surface area contributed by atoms with Crippen molar-refractivity contribution >= 4 is 12.0 Å². The number of carbonyl (C=O) groups excluding carboxylic acids is 1. The number of likely N-dealkylation sites (tertiary alicyclic amines) is 1. The first-order valence-corrected chi connectivity index (χ1v) is 7.31. The number of carbonyl (C=O) groups is 1. The number of nitrogens with zero attached hydrogens (tertiary/aromatic N) is 2. The van der Waals surface area contributed by atoms with Gasteiger partial charge in [-0.3, -0.25) is 4.79 Å². The summed E-state index contributed by atoms with van der Waals surface area (Å²) in [4.78, 5) is 14.4. The molecule has 21 heavy (non-hydrogen) atoms. The molecule has 0 saturated carbocycles. The fraction of sp³-hybridized carbons (Fsp3) is 0.353. The van der Waals surface area contributed by atoms with Crippen LogP contribution < -0.4 is 0 Å². The van der Waals surface area contributed by atoms with Crippen molar-refractivity contribution in [2.24, 2.45) is 7.05 Å². The molecule has 0 bridgehead atoms. The van der Waals surface area contributed by atoms with E-state index in [2.05, 4.69) is 10.6 Å². The van der Waals surface area contributed by atoms with Gasteiger partial charge in [-0.05, 0) is 50.1 Å². The van der Waals surface area contributed by atoms with E-state index in [4.69, 9.17) is 4.42 Å². The van der Waals surface area contributed by atoms with E-state index < -0.39 is 0 Å². The number of aromatic nitrogens is 1. The number of aryl methyl sites for hydroxylation is 2. The molecule has 3 rings (SSSR count). The monoisotopic (exact) mass is 284 g/mol. The number of hydrogen-bond acceptors (Lipinski definition) is 2. The highest BCUT2D eigenvalue weighted by Crippen LogP contribution is 2.32. The molecule has 1 saturated heterocycles. The first kappa shape index (κ1) is 13.7. The minimum atomic E-state index is 0.0488. The number of amides is 1. The third-order valence-electron chi connectivity index (χ3n) is 4.01. The van der Waals surface area contributed by atoms with Gasteiger partial charge in [0.25, 0.3) is 0 Å². The van der Waals surface area contributed by atoms with E-state index in [1.807, 2.05) is 43.3 Å². The van der Waals surface area contributed by atoms with Gasteiger partial charge in [-0.2, -0.15) is 0 Å². The smallest absolute Gasteiger partial charge is 0.247 e. The van der Waals surface area contributed by atoms with Crippen LogP contribution in [0.25, 0.3) is 6.08 Å². The van der Waals surface area contributed by atoms with Crippen molar-refractivity contribution in [3.63, 3.8) is 0 Å². The average Bonchev–Trinajstić information content (AvgIpc) is 3.16. The topological polar surface area (TPSA) is 38.4 Å². The lowest BCUT2D eigenvalue weighted by Gasteiger charge is -2.24. The van der Waals surface area contributed by atoms with E-state index >= 15 is 0 Å². The summed E-state index contributed by atoms with van der Waals surface area (Å²) >= 11 is 0. The molecule has 2 aromatic heterocycles. The Labute approximate surface area is 124 Å². The summed E-state index contributed by atoms with van der Waals surface area (Å²) in [7, 11) is 2.03. The van der Waals surface area contributed by atoms with Crippen molar-refractivity contribution < 1.29 is 9.21 Å². The lowest BCUT2D eigenvalue weighted by molar-refractivity contribution is -0.126. The van der Waals surface area contributed by atoms with Gasteiger partial charge >= 0.3 is 0 Å². The van der Waals surface area contributed by atoms with Crippen LogP contribution in [0.5, 0.6) is 0 Å². The molecule has 0 aromatic carbocycles. The van der Waals surface area contributed by atoms with Crippen LogP contribution in [-0.2, 0) is 11.8 Å². The van der Waals surface area contributed by atoms with Gasteiger partial charge in [-0.25, -0.2) is 0 Å². The van der Waals surface area contributed by atoms with Crippen LogP contribution in [0.15, 0.2) is 41.0 Å². The molecule has 110 valence electrons. The van der Waals surface area contributed by atoms with Crippen LogP contribution in [0.3, 0.4) is 0 Å². The Hall–Kier alpha value is -2.23. The molecule has 0 radical (unpaired) electrons. The second-order valence-corrected chi connectivity index (χ2v) is 5.52. The standard InChI is InChI=1S/C17H20N2O2/c1-13-7-8-14(21-13)9-10-17(20)19-12-4-6-16(19)15-5-3-11-18(15)2/h3,5,7-11,16H,4,6,12H2,1-2H3/b10-9+/t16-/m0/s1. The molecule has 1 aliphatic rings. The zero-order chi connectivity index (χ0) is 14.8. The van der Waals surface area contributed by atoms with Crippen LogP contribution in [0.1, 0.15) is 36.1 Å². The molecular formula is C17H20N2O2. The Morgan fingerprint density at radius 1 is 1.38 bits per heavy atom. The molecule has 4 heteroatoms. The predicted molar refractivity (Wildman–Crippen MR) is 81.6 cm³/mol. The second kappa shape index (κ2) is 5.64. The maximum Gasteiger partial charge on any atom is 0.247 e. The van der Waals surface area contributed by atoms with E-state index in [0.717, 1.165) is 30.9 Å². The van der Waals surface area contributed by atoms with Gasteiger partial charge in [0.1, 0.15) is 11.5 Å². The summed E-state index contributed by atoms with van der Waals surface area (Å²) in [6, 6.07) is 8.07. The van der Waals surface area contributed by atoms with Crippen molar-refractivity contribution in [1.82, 2.24) is 9.47 Å². The largest absolute Gasteiger partial charge is 0.462 e. The Bertz CT molecular complexity index is 666. The summed E-state index contributed by atoms with van der Waals surface area (Å²) in [6.45, 7) is 2.71. The Balaban J connectivity index is 1.74. The minimum absolute atomic E-state index is 0.0488. The number of hydrogen-bond donors (Lipinski definition) is 0. The lowest BCUT2D eigenvalue weighted by atomic mass is 10.1. The summed E-state index contributed by atoms with van der Waals surface area (Å²) in [5.41, 5.74) is 1.20. The SMILES string of the molecule is Cc1ccc(/C=C/C(=O)N2CCC[C@H]2c2cccn2C)o1. The Morgan fingerprint density at radius 3 is 2.90 bits per heavy atom. The van der Waals surface area contributed by atoms with Gasteiger partial charge in [0.15, 0.2) is 0 Å². The van der Waals surface area contributed by atoms with E-state index in [9.17, 15) is 4.79 Å². The molecule has 3 heterocycles. The van der Waals surface area contributed by atoms with Crippen LogP contribution in [0.4, 0.5) is 0 Å². The van der Waals surface area contributed by atoms with Crippen LogP contribution in [-0.4, -0.2) is 21.9 Å². The maximum atomic E-state index is 12.4. The molecule has 1 fully saturated rings. The molecule has 2 aromatic rings. The zero-order valence-electron chi connectivity index (χ0n) is 12.5. The molecule has 1 aliphatic heterocycles. The van der Waals surface area contributed by atoms with E-state index in [0.29, 0.717) is 0 Å². The quantitative estimate of drug-likeness (QED) is 0.811. The highest BCUT2D eigenvalue weighted by Gasteiger charge is 2.30. The van der Waals surface area contributed by atoms with Crippen molar-refractivity contribution in [1.29, 1.82) is 0 Å². The maximum absolute atomic E-state index is 12.4. The van der Waals surface area contributed by atoms with Gasteiger partial charge in [0, 0.05) is 31.6 Å². The van der Waals surface area contributed by atoms with E-state index in [1.54, 1.807) is 12.2 Å². The van der Waals surface area contributed by atoms with Gasteiger partial charge in [-0.15, -0.1) is 0 Å². The van der Waals surface area contributed by atoms with Crippen LogP contribution >= 0.6 is 0 Å². The van der Waals surface area contributed by atoms with E-state index in [-0.39, 0.29) is 11.9 Å². The molecule has 1 amide bonds. The van der Waals surface area contributed by atoms with Crippen LogP contribution in [0, 0.1) is 6.92 Å². The van der Waals surface area contributed by atoms with Gasteiger partial charge in [-0.1, -0.05) is 0 Å². The van der Waals surface area contributed by atoms with Gasteiger partial charge in [0.05, 0.1) is 6.04 Å². The first-order chi connectivity index (χ1) is 10.1. The highest BCUT2D eigenvalue weighted by molar-refractivity contribution is 5.91. The molecule has 1 atom stereocenters. The van der Waals surface area contributed by atoms with Crippen molar-refractivity contribution in [2.75, 3.05) is 6.54 Å². The van der Waals surface area contributed by atoms with Crippen molar-refractivity contribution in [3.05, 3.63) is 53.8 Å². The molecule has 0 spiro atoms. The third-order valence-corrected chi connectivity index (χ3v) is 4.01. The Kier molecular flexibility index (Phi) is 3.69. The molecule has 0 N–H and O–H groups in total. The summed E-state index contributed by atoms with van der Waals surface area (Å²) in [5.74, 6) is 1.62. The summed E-state index contributed by atoms with van der Waals surface area (Å²) in [5, 5.41) is 0. The van der Waals surface area contributed by atoms with E-state index in [1.165, 1.54) is 5.69 Å². The average molecular weight is 284 g/mol. The van der Waals surface area contributed by atoms with Crippen molar-refractivity contribution in [2.45, 2.75) is 25.8 Å². The van der Waals surface area contributed by atoms with Gasteiger partial charge < -0.3 is 13.9 Å². The molecule has 0 aliphatic carbocycles. The lowest BCUT2D eigenvalue weighted by Crippen LogP contribution is -2.29. The third kappa shape index (κ3) is 2.79. The first-order valence-electron chi connectivity index (χ1n) is 7.31. The zero-order valence-corrected chi connectivity index (χ0v) is 12.5. The number of furan rings is 1. The minimum Gasteiger partial charge on any atom is -0.462 e. The number of rotatable bonds is 3. The Morgan fingerprint density at radius 2 is 2.24 bits per heavy atom. The summed E-state index contributed by atoms with van der Waals surface area (Å²) in [6.07, 6.45) is 7.46. The normalized spacial score (nSPS) is 18.8. The fourth-order valence-electron chi connectivity index (χ4n) is 2.95. The second-order valence-electron chi connectivity index (χ2n) is 5.52. The molecular weight excluding hydrogens is 264 g/mol. The fourth-order valence-corrected chi connectivity index (χ4v) is 2.95.